The van der Waals surface area contributed by atoms with Gasteiger partial charge >= 0.3 is 5.97 Å². The van der Waals surface area contributed by atoms with Crippen molar-refractivity contribution in [1.82, 2.24) is 0 Å². The molecule has 0 aromatic heterocycles. The van der Waals surface area contributed by atoms with Crippen molar-refractivity contribution in [3.63, 3.8) is 0 Å². The number of aliphatic imine (C=N–C) groups is 1. The van der Waals surface area contributed by atoms with Crippen LogP contribution in [0.3, 0.4) is 0 Å². The maximum Gasteiger partial charge on any atom is 0.324 e. The average molecular weight is 192 g/mol. The van der Waals surface area contributed by atoms with Gasteiger partial charge in [0.1, 0.15) is 5.54 Å². The molecule has 4 nitrogen and oxygen atoms in total. The topological polar surface area (TPSA) is 75.7 Å². The smallest absolute Gasteiger partial charge is 0.324 e. The highest BCUT2D eigenvalue weighted by Crippen LogP contribution is 2.34. The van der Waals surface area contributed by atoms with Crippen LogP contribution in [0, 0.1) is 0 Å². The Balaban J connectivity index is 2.32. The van der Waals surface area contributed by atoms with Gasteiger partial charge in [0.05, 0.1) is 0 Å². The SMILES string of the molecule is CC1=NC=C2CC(N)(C(=O)O)CC=C21. The minimum Gasteiger partial charge on any atom is -0.480 e. The van der Waals surface area contributed by atoms with E-state index in [1.807, 2.05) is 13.0 Å². The molecule has 1 heterocycles. The van der Waals surface area contributed by atoms with Gasteiger partial charge in [0.25, 0.3) is 0 Å². The summed E-state index contributed by atoms with van der Waals surface area (Å²) in [5.74, 6) is -0.946. The van der Waals surface area contributed by atoms with Crippen LogP contribution in [0.1, 0.15) is 19.8 Å². The van der Waals surface area contributed by atoms with Crippen molar-refractivity contribution in [3.8, 4) is 0 Å². The van der Waals surface area contributed by atoms with E-state index in [1.54, 1.807) is 6.20 Å². The molecule has 14 heavy (non-hydrogen) atoms. The number of nitrogens with zero attached hydrogens (tertiary/aromatic N) is 1. The number of hydrogen-bond acceptors (Lipinski definition) is 3. The zero-order valence-corrected chi connectivity index (χ0v) is 7.95. The molecule has 0 spiro atoms. The van der Waals surface area contributed by atoms with Crippen molar-refractivity contribution in [1.29, 1.82) is 0 Å². The van der Waals surface area contributed by atoms with E-state index in [9.17, 15) is 4.79 Å². The van der Waals surface area contributed by atoms with Crippen LogP contribution in [0.25, 0.3) is 0 Å². The zero-order valence-electron chi connectivity index (χ0n) is 7.95. The third-order valence-corrected chi connectivity index (χ3v) is 2.75. The summed E-state index contributed by atoms with van der Waals surface area (Å²) in [6.45, 7) is 1.92. The molecule has 0 radical (unpaired) electrons. The van der Waals surface area contributed by atoms with Gasteiger partial charge in [-0.05, 0) is 24.5 Å². The number of carboxylic acid groups (broad SMARTS) is 1. The fourth-order valence-corrected chi connectivity index (χ4v) is 1.82. The van der Waals surface area contributed by atoms with E-state index < -0.39 is 11.5 Å². The summed E-state index contributed by atoms with van der Waals surface area (Å²) in [6.07, 6.45) is 4.33. The highest BCUT2D eigenvalue weighted by atomic mass is 16.4. The molecule has 4 heteroatoms. The first kappa shape index (κ1) is 9.15. The lowest BCUT2D eigenvalue weighted by Crippen LogP contribution is -2.49. The molecule has 74 valence electrons. The summed E-state index contributed by atoms with van der Waals surface area (Å²) >= 11 is 0. The normalized spacial score (nSPS) is 30.3. The Kier molecular flexibility index (Phi) is 1.82. The monoisotopic (exact) mass is 192 g/mol. The summed E-state index contributed by atoms with van der Waals surface area (Å²) in [5.41, 5.74) is 7.58. The molecule has 0 saturated carbocycles. The molecule has 1 atom stereocenters. The van der Waals surface area contributed by atoms with E-state index in [-0.39, 0.29) is 0 Å². The van der Waals surface area contributed by atoms with Gasteiger partial charge in [-0.3, -0.25) is 9.79 Å². The Morgan fingerprint density at radius 2 is 2.43 bits per heavy atom. The predicted molar refractivity (Wildman–Crippen MR) is 53.1 cm³/mol. The molecule has 1 aliphatic heterocycles. The first-order chi connectivity index (χ1) is 6.53. The highest BCUT2D eigenvalue weighted by Gasteiger charge is 2.38. The number of carbonyl (C=O) groups is 1. The lowest BCUT2D eigenvalue weighted by atomic mass is 9.80. The van der Waals surface area contributed by atoms with Crippen molar-refractivity contribution >= 4 is 11.7 Å². The number of fused-ring (bicyclic) bond motifs is 1. The van der Waals surface area contributed by atoms with E-state index in [0.717, 1.165) is 16.9 Å². The van der Waals surface area contributed by atoms with Gasteiger partial charge in [0, 0.05) is 18.3 Å². The molecule has 2 rings (SSSR count). The standard InChI is InChI=1S/C10H12N2O2/c1-6-8-2-3-10(11,9(13)14)4-7(8)5-12-6/h2,5H,3-4,11H2,1H3,(H,13,14). The lowest BCUT2D eigenvalue weighted by molar-refractivity contribution is -0.143. The summed E-state index contributed by atoms with van der Waals surface area (Å²) in [5, 5.41) is 8.96. The molecule has 0 aromatic rings. The van der Waals surface area contributed by atoms with Crippen molar-refractivity contribution < 1.29 is 9.90 Å². The quantitative estimate of drug-likeness (QED) is 0.646. The molecule has 0 bridgehead atoms. The summed E-state index contributed by atoms with van der Waals surface area (Å²) in [7, 11) is 0. The van der Waals surface area contributed by atoms with Gasteiger partial charge < -0.3 is 10.8 Å². The molecule has 1 aliphatic carbocycles. The van der Waals surface area contributed by atoms with Gasteiger partial charge in [-0.1, -0.05) is 6.08 Å². The fraction of sp³-hybridized carbons (Fsp3) is 0.400. The number of carboxylic acids is 1. The Morgan fingerprint density at radius 3 is 3.07 bits per heavy atom. The van der Waals surface area contributed by atoms with Crippen molar-refractivity contribution in [3.05, 3.63) is 23.4 Å². The van der Waals surface area contributed by atoms with Crippen LogP contribution in [0.5, 0.6) is 0 Å². The minimum atomic E-state index is -1.14. The van der Waals surface area contributed by atoms with Crippen molar-refractivity contribution in [2.24, 2.45) is 10.7 Å². The van der Waals surface area contributed by atoms with Gasteiger partial charge in [0.15, 0.2) is 0 Å². The van der Waals surface area contributed by atoms with Crippen LogP contribution in [0.15, 0.2) is 28.4 Å². The van der Waals surface area contributed by atoms with E-state index >= 15 is 0 Å². The maximum atomic E-state index is 10.9. The third-order valence-electron chi connectivity index (χ3n) is 2.75. The lowest BCUT2D eigenvalue weighted by Gasteiger charge is -2.28. The van der Waals surface area contributed by atoms with Crippen molar-refractivity contribution in [2.75, 3.05) is 0 Å². The highest BCUT2D eigenvalue weighted by molar-refractivity contribution is 6.05. The fourth-order valence-electron chi connectivity index (χ4n) is 1.82. The molecular weight excluding hydrogens is 180 g/mol. The molecule has 0 amide bonds. The third kappa shape index (κ3) is 1.19. The Morgan fingerprint density at radius 1 is 1.71 bits per heavy atom. The summed E-state index contributed by atoms with van der Waals surface area (Å²) < 4.78 is 0. The average Bonchev–Trinajstić information content (AvgIpc) is 2.47. The van der Waals surface area contributed by atoms with E-state index in [4.69, 9.17) is 10.8 Å². The Bertz CT molecular complexity index is 393. The molecule has 0 aromatic carbocycles. The molecular formula is C10H12N2O2. The number of aliphatic carboxylic acids is 1. The minimum absolute atomic E-state index is 0.370. The molecule has 3 N–H and O–H groups in total. The number of allylic oxidation sites excluding steroid dienone is 1. The number of rotatable bonds is 1. The van der Waals surface area contributed by atoms with Gasteiger partial charge in [0.2, 0.25) is 0 Å². The second-order valence-corrected chi connectivity index (χ2v) is 3.83. The van der Waals surface area contributed by atoms with Crippen LogP contribution in [-0.4, -0.2) is 22.3 Å². The Labute approximate surface area is 81.8 Å². The molecule has 1 unspecified atom stereocenters. The van der Waals surface area contributed by atoms with Crippen LogP contribution >= 0.6 is 0 Å². The van der Waals surface area contributed by atoms with E-state index in [1.165, 1.54) is 0 Å². The predicted octanol–water partition coefficient (Wildman–Crippen LogP) is 0.847. The molecule has 0 saturated heterocycles. The van der Waals surface area contributed by atoms with Crippen LogP contribution in [0.2, 0.25) is 0 Å². The van der Waals surface area contributed by atoms with E-state index in [2.05, 4.69) is 4.99 Å². The second-order valence-electron chi connectivity index (χ2n) is 3.83. The van der Waals surface area contributed by atoms with Crippen LogP contribution in [0.4, 0.5) is 0 Å². The Hall–Kier alpha value is -1.42. The first-order valence-corrected chi connectivity index (χ1v) is 4.49. The first-order valence-electron chi connectivity index (χ1n) is 4.49. The summed E-state index contributed by atoms with van der Waals surface area (Å²) in [6, 6.07) is 0. The molecule has 0 fully saturated rings. The summed E-state index contributed by atoms with van der Waals surface area (Å²) in [4.78, 5) is 15.1. The van der Waals surface area contributed by atoms with Gasteiger partial charge in [-0.15, -0.1) is 0 Å². The van der Waals surface area contributed by atoms with Gasteiger partial charge in [-0.25, -0.2) is 0 Å². The maximum absolute atomic E-state index is 10.9. The molecule has 2 aliphatic rings. The van der Waals surface area contributed by atoms with Gasteiger partial charge in [-0.2, -0.15) is 0 Å². The largest absolute Gasteiger partial charge is 0.480 e. The second kappa shape index (κ2) is 2.78. The van der Waals surface area contributed by atoms with Crippen molar-refractivity contribution in [2.45, 2.75) is 25.3 Å². The number of hydrogen-bond donors (Lipinski definition) is 2. The van der Waals surface area contributed by atoms with Crippen LogP contribution < -0.4 is 5.73 Å². The number of nitrogens with two attached hydrogens (primary N) is 1. The van der Waals surface area contributed by atoms with E-state index in [0.29, 0.717) is 12.8 Å². The zero-order chi connectivity index (χ0) is 10.3. The van der Waals surface area contributed by atoms with Crippen LogP contribution in [-0.2, 0) is 4.79 Å².